The van der Waals surface area contributed by atoms with Gasteiger partial charge in [-0.1, -0.05) is 37.8 Å². The molecule has 3 atom stereocenters. The molecule has 0 spiro atoms. The molecule has 0 amide bonds. The molecular formula is C33H43N3O8. The fourth-order valence-electron chi connectivity index (χ4n) is 5.52. The molecule has 238 valence electrons. The monoisotopic (exact) mass is 609 g/mol. The summed E-state index contributed by atoms with van der Waals surface area (Å²) in [4.78, 5) is 17.0. The van der Waals surface area contributed by atoms with E-state index in [1.807, 2.05) is 6.07 Å². The average molecular weight is 610 g/mol. The van der Waals surface area contributed by atoms with Crippen LogP contribution in [0.15, 0.2) is 23.2 Å². The number of benzene rings is 2. The van der Waals surface area contributed by atoms with Gasteiger partial charge in [0.15, 0.2) is 35.8 Å². The molecule has 11 heteroatoms. The molecule has 0 fully saturated rings. The van der Waals surface area contributed by atoms with Gasteiger partial charge in [-0.05, 0) is 55.2 Å². The number of aliphatic hydroxyl groups excluding tert-OH is 3. The molecule has 0 saturated carbocycles. The van der Waals surface area contributed by atoms with Gasteiger partial charge in [-0.15, -0.1) is 0 Å². The number of carbonyl (C=O) groups is 1. The Kier molecular flexibility index (Phi) is 11.3. The first-order valence-electron chi connectivity index (χ1n) is 15.1. The number of guanidine groups is 1. The number of aryl methyl sites for hydroxylation is 2. The molecule has 1 heterocycles. The van der Waals surface area contributed by atoms with Crippen molar-refractivity contribution in [2.45, 2.75) is 77.6 Å². The Bertz CT molecular complexity index is 1430. The number of phenols is 2. The fraction of sp³-hybridized carbons (Fsp3) is 0.515. The Balaban J connectivity index is 1.65. The third-order valence-electron chi connectivity index (χ3n) is 7.89. The molecule has 44 heavy (non-hydrogen) atoms. The number of hydrogen-bond donors (Lipinski definition) is 7. The molecule has 2 aromatic carbocycles. The van der Waals surface area contributed by atoms with Gasteiger partial charge in [0.2, 0.25) is 6.29 Å². The van der Waals surface area contributed by atoms with E-state index in [2.05, 4.69) is 36.0 Å². The second kappa shape index (κ2) is 15.1. The number of nitrogens with one attached hydrogen (secondary N) is 1. The maximum absolute atomic E-state index is 12.8. The van der Waals surface area contributed by atoms with Crippen molar-refractivity contribution in [3.05, 3.63) is 46.0 Å². The van der Waals surface area contributed by atoms with Crippen LogP contribution in [0, 0.1) is 23.7 Å². The number of aliphatic imine (C=N–C) groups is 1. The van der Waals surface area contributed by atoms with Crippen LogP contribution >= 0.6 is 0 Å². The minimum atomic E-state index is -1.16. The largest absolute Gasteiger partial charge is 0.504 e. The number of phenolic OH excluding ortho intramolecular Hbond substituents is 2. The van der Waals surface area contributed by atoms with Gasteiger partial charge in [-0.25, -0.2) is 0 Å². The number of carbonyl (C=O) groups excluding carboxylic acids is 1. The molecular weight excluding hydrogens is 566 g/mol. The second-order valence-corrected chi connectivity index (χ2v) is 11.8. The number of nitrogens with zero attached hydrogens (tertiary/aromatic N) is 1. The number of nitrogens with two attached hydrogens (primary N) is 1. The van der Waals surface area contributed by atoms with Gasteiger partial charge in [0.1, 0.15) is 5.78 Å². The first-order valence-corrected chi connectivity index (χ1v) is 15.1. The first kappa shape index (κ1) is 32.9. The van der Waals surface area contributed by atoms with Crippen molar-refractivity contribution in [1.82, 2.24) is 5.32 Å². The lowest BCUT2D eigenvalue weighted by atomic mass is 9.86. The molecule has 0 radical (unpaired) electrons. The maximum Gasteiger partial charge on any atom is 0.200 e. The first-order chi connectivity index (χ1) is 21.1. The molecule has 0 unspecified atom stereocenters. The molecule has 8 N–H and O–H groups in total. The Morgan fingerprint density at radius 1 is 1.16 bits per heavy atom. The second-order valence-electron chi connectivity index (χ2n) is 11.8. The highest BCUT2D eigenvalue weighted by Gasteiger charge is 2.33. The van der Waals surface area contributed by atoms with E-state index in [4.69, 9.17) is 15.2 Å². The number of Topliss-reactive ketones (excluding diaryl/α,β-unsaturated/α-hetero) is 1. The van der Waals surface area contributed by atoms with E-state index in [0.29, 0.717) is 73.8 Å². The topological polar surface area (TPSA) is 187 Å². The van der Waals surface area contributed by atoms with Gasteiger partial charge in [-0.2, -0.15) is 0 Å². The summed E-state index contributed by atoms with van der Waals surface area (Å²) >= 11 is 0. The summed E-state index contributed by atoms with van der Waals surface area (Å²) in [6, 6.07) is 4.90. The fourth-order valence-corrected chi connectivity index (χ4v) is 5.52. The van der Waals surface area contributed by atoms with E-state index in [0.717, 1.165) is 11.1 Å². The number of aromatic hydroxyl groups is 2. The van der Waals surface area contributed by atoms with E-state index in [1.165, 1.54) is 6.07 Å². The van der Waals surface area contributed by atoms with E-state index in [1.54, 1.807) is 6.07 Å². The molecule has 11 nitrogen and oxygen atoms in total. The summed E-state index contributed by atoms with van der Waals surface area (Å²) in [7, 11) is 0. The Morgan fingerprint density at radius 3 is 2.70 bits per heavy atom. The molecule has 2 bridgehead atoms. The molecule has 1 aliphatic carbocycles. The van der Waals surface area contributed by atoms with Crippen molar-refractivity contribution >= 4 is 11.7 Å². The van der Waals surface area contributed by atoms with Gasteiger partial charge < -0.3 is 46.1 Å². The van der Waals surface area contributed by atoms with Crippen LogP contribution in [0.2, 0.25) is 0 Å². The van der Waals surface area contributed by atoms with Gasteiger partial charge in [-0.3, -0.25) is 9.79 Å². The predicted molar refractivity (Wildman–Crippen MR) is 165 cm³/mol. The van der Waals surface area contributed by atoms with E-state index in [-0.39, 0.29) is 54.0 Å². The summed E-state index contributed by atoms with van der Waals surface area (Å²) in [6.07, 6.45) is 0.237. The zero-order valence-corrected chi connectivity index (χ0v) is 25.3. The van der Waals surface area contributed by atoms with Crippen molar-refractivity contribution in [2.24, 2.45) is 22.6 Å². The number of hydrogen-bond acceptors (Lipinski definition) is 9. The summed E-state index contributed by atoms with van der Waals surface area (Å²) in [5.74, 6) is 6.20. The minimum Gasteiger partial charge on any atom is -0.504 e. The molecule has 2 aliphatic rings. The van der Waals surface area contributed by atoms with Crippen molar-refractivity contribution < 1.29 is 39.8 Å². The standard InChI is InChI=1S/C33H43N3O8/c1-19(2)17-36-33(34)35-13-12-23-15-27-21-7-10-25(39)16-24(38)9-6-20-8-11-28(40)30(43-18-37)26(20)5-3-4-22(14-21)29(41)31(27)44-32(23)42/h8,11,14,19,23,25,32,37,39-42H,4,6-7,9-10,12-13,15-18H2,1-2H3,(H3,34,35,36)/t23-,25+,32-/m0/s1. The highest BCUT2D eigenvalue weighted by Crippen LogP contribution is 2.43. The van der Waals surface area contributed by atoms with Gasteiger partial charge in [0.05, 0.1) is 11.7 Å². The number of rotatable bonds is 7. The van der Waals surface area contributed by atoms with Crippen LogP contribution in [0.3, 0.4) is 0 Å². The lowest BCUT2D eigenvalue weighted by Gasteiger charge is -2.33. The summed E-state index contributed by atoms with van der Waals surface area (Å²) in [5, 5.41) is 55.6. The summed E-state index contributed by atoms with van der Waals surface area (Å²) < 4.78 is 11.2. The number of aliphatic hydroxyl groups is 3. The normalized spacial score (nSPS) is 20.7. The van der Waals surface area contributed by atoms with Crippen LogP contribution in [0.5, 0.6) is 23.0 Å². The van der Waals surface area contributed by atoms with Gasteiger partial charge >= 0.3 is 0 Å². The number of fused-ring (bicyclic) bond motifs is 5. The highest BCUT2D eigenvalue weighted by molar-refractivity contribution is 5.79. The minimum absolute atomic E-state index is 0.00425. The highest BCUT2D eigenvalue weighted by atomic mass is 16.6. The summed E-state index contributed by atoms with van der Waals surface area (Å²) in [5.41, 5.74) is 8.98. The van der Waals surface area contributed by atoms with Crippen LogP contribution in [0.25, 0.3) is 0 Å². The molecule has 2 aromatic rings. The number of ketones is 1. The summed E-state index contributed by atoms with van der Waals surface area (Å²) in [6.45, 7) is 4.51. The Morgan fingerprint density at radius 2 is 1.95 bits per heavy atom. The van der Waals surface area contributed by atoms with Gasteiger partial charge in [0.25, 0.3) is 0 Å². The zero-order valence-electron chi connectivity index (χ0n) is 25.3. The Hall–Kier alpha value is -3.98. The third-order valence-corrected chi connectivity index (χ3v) is 7.89. The average Bonchev–Trinajstić information content (AvgIpc) is 2.98. The predicted octanol–water partition coefficient (Wildman–Crippen LogP) is 2.04. The van der Waals surface area contributed by atoms with E-state index >= 15 is 0 Å². The van der Waals surface area contributed by atoms with E-state index < -0.39 is 19.2 Å². The van der Waals surface area contributed by atoms with Crippen molar-refractivity contribution in [1.29, 1.82) is 0 Å². The third kappa shape index (κ3) is 8.34. The van der Waals surface area contributed by atoms with E-state index in [9.17, 15) is 30.3 Å². The molecule has 1 aliphatic heterocycles. The zero-order chi connectivity index (χ0) is 31.8. The van der Waals surface area contributed by atoms with Gasteiger partial charge in [0, 0.05) is 49.4 Å². The van der Waals surface area contributed by atoms with Crippen molar-refractivity contribution in [3.8, 4) is 34.8 Å². The Labute approximate surface area is 257 Å². The van der Waals surface area contributed by atoms with Crippen LogP contribution in [0.4, 0.5) is 0 Å². The van der Waals surface area contributed by atoms with Crippen molar-refractivity contribution in [3.63, 3.8) is 0 Å². The van der Waals surface area contributed by atoms with Crippen LogP contribution in [-0.2, 0) is 30.5 Å². The van der Waals surface area contributed by atoms with Crippen molar-refractivity contribution in [2.75, 3.05) is 19.9 Å². The number of ether oxygens (including phenoxy) is 2. The molecule has 4 rings (SSSR count). The lowest BCUT2D eigenvalue weighted by Crippen LogP contribution is -2.38. The maximum atomic E-state index is 12.8. The lowest BCUT2D eigenvalue weighted by molar-refractivity contribution is -0.121. The SMILES string of the molecule is CC(C)CN=C(N)NCC[C@H]1Cc2c3cc(c(O)c2O[C@@H]1O)CC#Cc1c(ccc(O)c1OCO)CCC(=O)C[C@H](O)CC3. The van der Waals surface area contributed by atoms with Crippen LogP contribution in [0.1, 0.15) is 67.3 Å². The van der Waals surface area contributed by atoms with Crippen LogP contribution in [-0.4, -0.2) is 69.6 Å². The van der Waals surface area contributed by atoms with Crippen LogP contribution < -0.4 is 20.5 Å². The molecule has 0 aromatic heterocycles. The molecule has 0 saturated heterocycles. The quantitative estimate of drug-likeness (QED) is 0.106. The smallest absolute Gasteiger partial charge is 0.200 e.